The van der Waals surface area contributed by atoms with Gasteiger partial charge in [0.05, 0.1) is 15.8 Å². The number of amides is 1. The molecule has 1 fully saturated rings. The van der Waals surface area contributed by atoms with Crippen LogP contribution in [-0.4, -0.2) is 21.8 Å². The van der Waals surface area contributed by atoms with Gasteiger partial charge in [-0.25, -0.2) is 4.98 Å². The van der Waals surface area contributed by atoms with Crippen LogP contribution < -0.4 is 4.90 Å². The number of aromatic nitrogens is 1. The molecule has 154 valence electrons. The van der Waals surface area contributed by atoms with Crippen molar-refractivity contribution >= 4 is 55.5 Å². The average Bonchev–Trinajstić information content (AvgIpc) is 3.52. The van der Waals surface area contributed by atoms with Gasteiger partial charge in [0.15, 0.2) is 5.13 Å². The van der Waals surface area contributed by atoms with Crippen LogP contribution in [0.25, 0.3) is 16.0 Å². The van der Waals surface area contributed by atoms with Crippen molar-refractivity contribution in [2.45, 2.75) is 19.4 Å². The number of benzene rings is 2. The highest BCUT2D eigenvalue weighted by molar-refractivity contribution is 7.22. The summed E-state index contributed by atoms with van der Waals surface area (Å²) in [7, 11) is 0. The molecule has 0 spiro atoms. The first-order chi connectivity index (χ1) is 15.1. The number of thiophene rings is 1. The third-order valence-electron chi connectivity index (χ3n) is 5.36. The third-order valence-corrected chi connectivity index (χ3v) is 7.30. The van der Waals surface area contributed by atoms with Crippen LogP contribution in [-0.2, 0) is 16.0 Å². The maximum atomic E-state index is 13.2. The summed E-state index contributed by atoms with van der Waals surface area (Å²) in [6, 6.07) is 17.9. The van der Waals surface area contributed by atoms with E-state index in [0.717, 1.165) is 21.5 Å². The van der Waals surface area contributed by atoms with Crippen LogP contribution in [0.3, 0.4) is 0 Å². The maximum Gasteiger partial charge on any atom is 0.301 e. The molecule has 1 aliphatic heterocycles. The summed E-state index contributed by atoms with van der Waals surface area (Å²) in [6.07, 6.45) is 0.903. The van der Waals surface area contributed by atoms with Crippen molar-refractivity contribution in [2.24, 2.45) is 0 Å². The van der Waals surface area contributed by atoms with Gasteiger partial charge in [-0.3, -0.25) is 14.5 Å². The first-order valence-corrected chi connectivity index (χ1v) is 11.6. The Labute approximate surface area is 186 Å². The molecule has 0 unspecified atom stereocenters. The Kier molecular flexibility index (Phi) is 4.92. The van der Waals surface area contributed by atoms with Gasteiger partial charge in [-0.05, 0) is 35.6 Å². The van der Waals surface area contributed by atoms with Crippen molar-refractivity contribution in [1.82, 2.24) is 4.98 Å². The standard InChI is InChI=1S/C24H18N2O3S2/c1-2-14-10-11-16-18(13-14)31-24(25-16)26-20(17-9-6-12-30-17)19(22(28)23(26)29)21(27)15-7-4-3-5-8-15/h3-13,20,27H,2H2,1H3/b21-19+/t20-/m0/s1. The lowest BCUT2D eigenvalue weighted by atomic mass is 10.00. The number of carbonyl (C=O) groups is 2. The topological polar surface area (TPSA) is 70.5 Å². The van der Waals surface area contributed by atoms with Crippen molar-refractivity contribution in [3.8, 4) is 0 Å². The molecule has 7 heteroatoms. The van der Waals surface area contributed by atoms with Gasteiger partial charge in [-0.15, -0.1) is 11.3 Å². The Morgan fingerprint density at radius 3 is 2.61 bits per heavy atom. The van der Waals surface area contributed by atoms with E-state index >= 15 is 0 Å². The SMILES string of the molecule is CCc1ccc2nc(N3C(=O)C(=O)/C(=C(/O)c4ccccc4)[C@@H]3c3cccs3)sc2c1. The molecule has 4 aromatic rings. The number of aliphatic hydroxyl groups is 1. The second-order valence-corrected chi connectivity index (χ2v) is 9.19. The molecule has 0 radical (unpaired) electrons. The highest BCUT2D eigenvalue weighted by Gasteiger charge is 2.48. The van der Waals surface area contributed by atoms with Gasteiger partial charge in [-0.1, -0.05) is 60.7 Å². The molecule has 3 heterocycles. The minimum Gasteiger partial charge on any atom is -0.507 e. The third kappa shape index (κ3) is 3.26. The molecule has 0 saturated carbocycles. The average molecular weight is 447 g/mol. The fourth-order valence-electron chi connectivity index (χ4n) is 3.78. The van der Waals surface area contributed by atoms with E-state index < -0.39 is 17.7 Å². The number of fused-ring (bicyclic) bond motifs is 1. The Balaban J connectivity index is 1.70. The van der Waals surface area contributed by atoms with Crippen molar-refractivity contribution < 1.29 is 14.7 Å². The second kappa shape index (κ2) is 7.76. The monoisotopic (exact) mass is 446 g/mol. The molecule has 5 nitrogen and oxygen atoms in total. The van der Waals surface area contributed by atoms with E-state index in [9.17, 15) is 14.7 Å². The van der Waals surface area contributed by atoms with Crippen molar-refractivity contribution in [3.63, 3.8) is 0 Å². The number of rotatable bonds is 4. The van der Waals surface area contributed by atoms with Crippen LogP contribution in [0, 0.1) is 0 Å². The summed E-state index contributed by atoms with van der Waals surface area (Å²) in [4.78, 5) is 33.1. The van der Waals surface area contributed by atoms with E-state index in [-0.39, 0.29) is 11.3 Å². The normalized spacial score (nSPS) is 18.2. The quantitative estimate of drug-likeness (QED) is 0.254. The summed E-state index contributed by atoms with van der Waals surface area (Å²) < 4.78 is 0.962. The fraction of sp³-hybridized carbons (Fsp3) is 0.125. The van der Waals surface area contributed by atoms with Crippen LogP contribution in [0.4, 0.5) is 5.13 Å². The summed E-state index contributed by atoms with van der Waals surface area (Å²) >= 11 is 2.82. The van der Waals surface area contributed by atoms with Crippen LogP contribution in [0.2, 0.25) is 0 Å². The number of aryl methyl sites for hydroxylation is 1. The predicted molar refractivity (Wildman–Crippen MR) is 125 cm³/mol. The Morgan fingerprint density at radius 1 is 1.10 bits per heavy atom. The number of aliphatic hydroxyl groups excluding tert-OH is 1. The van der Waals surface area contributed by atoms with Gasteiger partial charge >= 0.3 is 5.91 Å². The zero-order valence-electron chi connectivity index (χ0n) is 16.6. The highest BCUT2D eigenvalue weighted by Crippen LogP contribution is 2.45. The number of anilines is 1. The zero-order valence-corrected chi connectivity index (χ0v) is 18.2. The molecule has 5 rings (SSSR count). The molecule has 31 heavy (non-hydrogen) atoms. The van der Waals surface area contributed by atoms with E-state index in [1.165, 1.54) is 33.1 Å². The van der Waals surface area contributed by atoms with E-state index in [0.29, 0.717) is 10.7 Å². The summed E-state index contributed by atoms with van der Waals surface area (Å²) in [5, 5.41) is 13.4. The fourth-order valence-corrected chi connectivity index (χ4v) is 5.66. The molecule has 1 atom stereocenters. The molecule has 0 bridgehead atoms. The lowest BCUT2D eigenvalue weighted by Crippen LogP contribution is -2.28. The second-order valence-electron chi connectivity index (χ2n) is 7.20. The van der Waals surface area contributed by atoms with Gasteiger partial charge in [0, 0.05) is 10.4 Å². The molecule has 2 aromatic carbocycles. The van der Waals surface area contributed by atoms with E-state index in [1.54, 1.807) is 24.3 Å². The van der Waals surface area contributed by atoms with Gasteiger partial charge in [0.25, 0.3) is 5.78 Å². The lowest BCUT2D eigenvalue weighted by molar-refractivity contribution is -0.132. The molecule has 1 saturated heterocycles. The highest BCUT2D eigenvalue weighted by atomic mass is 32.1. The van der Waals surface area contributed by atoms with Gasteiger partial charge < -0.3 is 5.11 Å². The van der Waals surface area contributed by atoms with Crippen LogP contribution in [0.15, 0.2) is 71.6 Å². The molecule has 1 amide bonds. The molecular formula is C24H18N2O3S2. The van der Waals surface area contributed by atoms with Gasteiger partial charge in [-0.2, -0.15) is 0 Å². The Morgan fingerprint density at radius 2 is 1.90 bits per heavy atom. The largest absolute Gasteiger partial charge is 0.507 e. The van der Waals surface area contributed by atoms with Gasteiger partial charge in [0.1, 0.15) is 11.8 Å². The number of carbonyl (C=O) groups excluding carboxylic acids is 2. The zero-order chi connectivity index (χ0) is 21.5. The summed E-state index contributed by atoms with van der Waals surface area (Å²) in [5.74, 6) is -1.55. The first kappa shape index (κ1) is 19.7. The minimum absolute atomic E-state index is 0.0900. The summed E-state index contributed by atoms with van der Waals surface area (Å²) in [5.41, 5.74) is 2.56. The Bertz CT molecular complexity index is 1320. The number of hydrogen-bond acceptors (Lipinski definition) is 6. The van der Waals surface area contributed by atoms with E-state index in [1.807, 2.05) is 35.7 Å². The number of Topliss-reactive ketones (excluding diaryl/α,β-unsaturated/α-hetero) is 1. The van der Waals surface area contributed by atoms with E-state index in [2.05, 4.69) is 18.0 Å². The first-order valence-electron chi connectivity index (χ1n) is 9.87. The van der Waals surface area contributed by atoms with Crippen LogP contribution in [0.5, 0.6) is 0 Å². The van der Waals surface area contributed by atoms with Crippen molar-refractivity contribution in [2.75, 3.05) is 4.90 Å². The molecule has 2 aromatic heterocycles. The molecule has 1 N–H and O–H groups in total. The Hall–Kier alpha value is -3.29. The number of ketones is 1. The molecule has 0 aliphatic carbocycles. The predicted octanol–water partition coefficient (Wildman–Crippen LogP) is 5.55. The number of hydrogen-bond donors (Lipinski definition) is 1. The molecular weight excluding hydrogens is 428 g/mol. The number of thiazole rings is 1. The van der Waals surface area contributed by atoms with Gasteiger partial charge in [0.2, 0.25) is 0 Å². The van der Waals surface area contributed by atoms with Crippen LogP contribution in [0.1, 0.15) is 29.0 Å². The molecule has 1 aliphatic rings. The smallest absolute Gasteiger partial charge is 0.301 e. The van der Waals surface area contributed by atoms with Crippen molar-refractivity contribution in [3.05, 3.63) is 87.6 Å². The number of nitrogens with zero attached hydrogens (tertiary/aromatic N) is 2. The van der Waals surface area contributed by atoms with Crippen LogP contribution >= 0.6 is 22.7 Å². The van der Waals surface area contributed by atoms with E-state index in [4.69, 9.17) is 0 Å². The van der Waals surface area contributed by atoms with Crippen molar-refractivity contribution in [1.29, 1.82) is 0 Å². The maximum absolute atomic E-state index is 13.2. The summed E-state index contributed by atoms with van der Waals surface area (Å²) in [6.45, 7) is 2.09. The lowest BCUT2D eigenvalue weighted by Gasteiger charge is -2.21. The minimum atomic E-state index is -0.716.